The highest BCUT2D eigenvalue weighted by Gasteiger charge is 2.28. The van der Waals surface area contributed by atoms with Gasteiger partial charge in [0.1, 0.15) is 6.04 Å². The zero-order chi connectivity index (χ0) is 13.7. The molecule has 1 aliphatic heterocycles. The van der Waals surface area contributed by atoms with E-state index in [0.29, 0.717) is 19.0 Å². The second kappa shape index (κ2) is 6.42. The Labute approximate surface area is 112 Å². The van der Waals surface area contributed by atoms with E-state index in [2.05, 4.69) is 31.6 Å². The molecule has 1 aromatic heterocycles. The van der Waals surface area contributed by atoms with Gasteiger partial charge in [-0.2, -0.15) is 5.21 Å². The fourth-order valence-electron chi connectivity index (χ4n) is 2.31. The van der Waals surface area contributed by atoms with Gasteiger partial charge in [-0.15, -0.1) is 10.2 Å². The third-order valence-corrected chi connectivity index (χ3v) is 3.20. The van der Waals surface area contributed by atoms with Crippen LogP contribution in [0, 0.1) is 0 Å². The maximum absolute atomic E-state index is 11.9. The van der Waals surface area contributed by atoms with Crippen LogP contribution in [0.25, 0.3) is 5.57 Å². The lowest BCUT2D eigenvalue weighted by atomic mass is 10.1. The lowest BCUT2D eigenvalue weighted by molar-refractivity contribution is -0.149. The van der Waals surface area contributed by atoms with Gasteiger partial charge in [0, 0.05) is 18.7 Å². The summed E-state index contributed by atoms with van der Waals surface area (Å²) in [5.41, 5.74) is 1.00. The predicted octanol–water partition coefficient (Wildman–Crippen LogP) is 0.630. The van der Waals surface area contributed by atoms with Crippen LogP contribution in [0.5, 0.6) is 0 Å². The lowest BCUT2D eigenvalue weighted by Crippen LogP contribution is -2.44. The van der Waals surface area contributed by atoms with Gasteiger partial charge in [-0.05, 0) is 25.0 Å². The fourth-order valence-corrected chi connectivity index (χ4v) is 2.31. The molecular formula is C12H19N5O2. The predicted molar refractivity (Wildman–Crippen MR) is 69.1 cm³/mol. The van der Waals surface area contributed by atoms with Crippen LogP contribution in [0.1, 0.15) is 32.5 Å². The van der Waals surface area contributed by atoms with Gasteiger partial charge >= 0.3 is 5.97 Å². The van der Waals surface area contributed by atoms with E-state index in [-0.39, 0.29) is 12.0 Å². The Balaban J connectivity index is 2.06. The van der Waals surface area contributed by atoms with Gasteiger partial charge in [0.2, 0.25) is 5.82 Å². The highest BCUT2D eigenvalue weighted by atomic mass is 16.5. The summed E-state index contributed by atoms with van der Waals surface area (Å²) in [6.07, 6.45) is 3.71. The van der Waals surface area contributed by atoms with Gasteiger partial charge in [0.15, 0.2) is 0 Å². The first-order valence-electron chi connectivity index (χ1n) is 6.59. The molecule has 2 heterocycles. The van der Waals surface area contributed by atoms with E-state index in [1.54, 1.807) is 0 Å². The number of hydrogen-bond donors (Lipinski definition) is 1. The summed E-state index contributed by atoms with van der Waals surface area (Å²) in [5, 5.41) is 14.0. The van der Waals surface area contributed by atoms with Gasteiger partial charge in [0.05, 0.1) is 6.61 Å². The van der Waals surface area contributed by atoms with Crippen LogP contribution in [0.3, 0.4) is 0 Å². The molecule has 0 fully saturated rings. The average Bonchev–Trinajstić information content (AvgIpc) is 2.94. The number of aromatic amines is 1. The zero-order valence-corrected chi connectivity index (χ0v) is 11.3. The second-order valence-corrected chi connectivity index (χ2v) is 4.40. The normalized spacial score (nSPS) is 17.9. The molecule has 0 saturated heterocycles. The minimum absolute atomic E-state index is 0.153. The van der Waals surface area contributed by atoms with Crippen LogP contribution >= 0.6 is 0 Å². The third kappa shape index (κ3) is 3.17. The van der Waals surface area contributed by atoms with Crippen LogP contribution in [-0.2, 0) is 9.53 Å². The maximum atomic E-state index is 11.9. The summed E-state index contributed by atoms with van der Waals surface area (Å²) in [7, 11) is 0. The molecule has 104 valence electrons. The molecule has 0 aliphatic carbocycles. The van der Waals surface area contributed by atoms with Gasteiger partial charge < -0.3 is 4.74 Å². The van der Waals surface area contributed by atoms with Crippen molar-refractivity contribution < 1.29 is 9.53 Å². The molecule has 2 rings (SSSR count). The number of carbonyl (C=O) groups excluding carboxylic acids is 1. The smallest absolute Gasteiger partial charge is 0.323 e. The highest BCUT2D eigenvalue weighted by Crippen LogP contribution is 2.20. The summed E-state index contributed by atoms with van der Waals surface area (Å²) in [5.74, 6) is 0.447. The number of tetrazole rings is 1. The van der Waals surface area contributed by atoms with Crippen molar-refractivity contribution in [1.29, 1.82) is 0 Å². The number of aromatic nitrogens is 4. The number of hydrogen-bond acceptors (Lipinski definition) is 6. The number of nitrogens with zero attached hydrogens (tertiary/aromatic N) is 4. The number of nitrogens with one attached hydrogen (secondary N) is 1. The van der Waals surface area contributed by atoms with Crippen LogP contribution in [-0.4, -0.2) is 57.2 Å². The number of H-pyrrole nitrogens is 1. The Kier molecular flexibility index (Phi) is 4.62. The number of carbonyl (C=O) groups is 1. The van der Waals surface area contributed by atoms with Crippen LogP contribution in [0.4, 0.5) is 0 Å². The number of rotatable bonds is 5. The highest BCUT2D eigenvalue weighted by molar-refractivity contribution is 5.76. The topological polar surface area (TPSA) is 84.0 Å². The van der Waals surface area contributed by atoms with E-state index in [1.165, 1.54) is 0 Å². The molecule has 1 atom stereocenters. The Morgan fingerprint density at radius 2 is 2.42 bits per heavy atom. The monoisotopic (exact) mass is 265 g/mol. The van der Waals surface area contributed by atoms with E-state index in [0.717, 1.165) is 25.0 Å². The molecule has 1 N–H and O–H groups in total. The van der Waals surface area contributed by atoms with E-state index in [9.17, 15) is 4.79 Å². The number of esters is 1. The van der Waals surface area contributed by atoms with Crippen molar-refractivity contribution in [3.8, 4) is 0 Å². The summed E-state index contributed by atoms with van der Waals surface area (Å²) >= 11 is 0. The van der Waals surface area contributed by atoms with E-state index < -0.39 is 0 Å². The Hall–Kier alpha value is -1.76. The quantitative estimate of drug-likeness (QED) is 0.786. The molecule has 0 spiro atoms. The molecule has 7 heteroatoms. The fraction of sp³-hybridized carbons (Fsp3) is 0.667. The van der Waals surface area contributed by atoms with Gasteiger partial charge in [-0.3, -0.25) is 9.69 Å². The van der Waals surface area contributed by atoms with Crippen molar-refractivity contribution in [3.63, 3.8) is 0 Å². The first-order valence-corrected chi connectivity index (χ1v) is 6.59. The SMILES string of the molecule is CCOC(=O)C(CC)N1CCC=C(c2nn[nH]n2)C1. The molecule has 0 saturated carbocycles. The minimum atomic E-state index is -0.199. The van der Waals surface area contributed by atoms with Crippen molar-refractivity contribution in [2.24, 2.45) is 0 Å². The first-order chi connectivity index (χ1) is 9.26. The van der Waals surface area contributed by atoms with Gasteiger partial charge in [-0.1, -0.05) is 13.0 Å². The van der Waals surface area contributed by atoms with Crippen molar-refractivity contribution >= 4 is 11.5 Å². The molecule has 1 aromatic rings. The summed E-state index contributed by atoms with van der Waals surface area (Å²) in [6, 6.07) is -0.199. The maximum Gasteiger partial charge on any atom is 0.323 e. The Morgan fingerprint density at radius 3 is 3.05 bits per heavy atom. The third-order valence-electron chi connectivity index (χ3n) is 3.20. The van der Waals surface area contributed by atoms with Crippen molar-refractivity contribution in [2.45, 2.75) is 32.7 Å². The summed E-state index contributed by atoms with van der Waals surface area (Å²) < 4.78 is 5.12. The average molecular weight is 265 g/mol. The minimum Gasteiger partial charge on any atom is -0.465 e. The van der Waals surface area contributed by atoms with E-state index in [4.69, 9.17) is 4.74 Å². The van der Waals surface area contributed by atoms with E-state index >= 15 is 0 Å². The molecular weight excluding hydrogens is 246 g/mol. The first kappa shape index (κ1) is 13.7. The molecule has 0 bridgehead atoms. The van der Waals surface area contributed by atoms with Gasteiger partial charge in [-0.25, -0.2) is 0 Å². The standard InChI is InChI=1S/C12H19N5O2/c1-3-10(12(18)19-4-2)17-7-5-6-9(8-17)11-13-15-16-14-11/h6,10H,3-5,7-8H2,1-2H3,(H,13,14,15,16). The van der Waals surface area contributed by atoms with Crippen LogP contribution < -0.4 is 0 Å². The van der Waals surface area contributed by atoms with Crippen molar-refractivity contribution in [2.75, 3.05) is 19.7 Å². The Morgan fingerprint density at radius 1 is 1.58 bits per heavy atom. The van der Waals surface area contributed by atoms with Crippen molar-refractivity contribution in [3.05, 3.63) is 11.9 Å². The lowest BCUT2D eigenvalue weighted by Gasteiger charge is -2.31. The van der Waals surface area contributed by atoms with Crippen LogP contribution in [0.15, 0.2) is 6.08 Å². The Bertz CT molecular complexity index is 443. The van der Waals surface area contributed by atoms with Gasteiger partial charge in [0.25, 0.3) is 0 Å². The molecule has 1 aliphatic rings. The molecule has 0 aromatic carbocycles. The summed E-state index contributed by atoms with van der Waals surface area (Å²) in [4.78, 5) is 14.0. The molecule has 0 radical (unpaired) electrons. The second-order valence-electron chi connectivity index (χ2n) is 4.40. The number of ether oxygens (including phenoxy) is 1. The van der Waals surface area contributed by atoms with Crippen molar-refractivity contribution in [1.82, 2.24) is 25.5 Å². The zero-order valence-electron chi connectivity index (χ0n) is 11.3. The summed E-state index contributed by atoms with van der Waals surface area (Å²) in [6.45, 7) is 5.73. The van der Waals surface area contributed by atoms with E-state index in [1.807, 2.05) is 13.8 Å². The molecule has 1 unspecified atom stereocenters. The molecule has 19 heavy (non-hydrogen) atoms. The van der Waals surface area contributed by atoms with Crippen LogP contribution in [0.2, 0.25) is 0 Å². The largest absolute Gasteiger partial charge is 0.465 e. The molecule has 7 nitrogen and oxygen atoms in total. The molecule has 0 amide bonds.